The zero-order chi connectivity index (χ0) is 19.1. The van der Waals surface area contributed by atoms with Gasteiger partial charge in [0.2, 0.25) is 5.91 Å². The average Bonchev–Trinajstić information content (AvgIpc) is 2.69. The van der Waals surface area contributed by atoms with E-state index in [1.165, 1.54) is 0 Å². The van der Waals surface area contributed by atoms with Gasteiger partial charge >= 0.3 is 0 Å². The maximum absolute atomic E-state index is 12.4. The summed E-state index contributed by atoms with van der Waals surface area (Å²) in [6.45, 7) is 2.33. The smallest absolute Gasteiger partial charge is 0.251 e. The van der Waals surface area contributed by atoms with E-state index in [4.69, 9.17) is 10.5 Å². The third-order valence-electron chi connectivity index (χ3n) is 4.76. The van der Waals surface area contributed by atoms with Crippen LogP contribution in [0.4, 0.5) is 11.4 Å². The van der Waals surface area contributed by atoms with Gasteiger partial charge in [-0.15, -0.1) is 0 Å². The number of nitrogens with one attached hydrogen (secondary N) is 2. The second kappa shape index (κ2) is 9.19. The van der Waals surface area contributed by atoms with E-state index in [-0.39, 0.29) is 5.91 Å². The number of hydrogen-bond acceptors (Lipinski definition) is 4. The summed E-state index contributed by atoms with van der Waals surface area (Å²) < 4.78 is 5.36. The standard InChI is InChI=1S/C21H25N3O3/c22-20(25)16-4-6-18(7-5-16)24-19-3-1-2-17(14-19)21(26)23-11-8-15-9-12-27-13-10-15/h1-7,14-15,24H,8-13H2,(H2,22,25)(H,23,26). The van der Waals surface area contributed by atoms with Crippen molar-refractivity contribution in [3.63, 3.8) is 0 Å². The van der Waals surface area contributed by atoms with Crippen LogP contribution in [0.5, 0.6) is 0 Å². The molecule has 4 N–H and O–H groups in total. The normalized spacial score (nSPS) is 14.5. The van der Waals surface area contributed by atoms with Gasteiger partial charge in [0, 0.05) is 42.3 Å². The first-order chi connectivity index (χ1) is 13.1. The summed E-state index contributed by atoms with van der Waals surface area (Å²) in [5, 5.41) is 6.23. The van der Waals surface area contributed by atoms with E-state index in [9.17, 15) is 9.59 Å². The molecule has 0 saturated carbocycles. The molecule has 2 amide bonds. The number of hydrogen-bond donors (Lipinski definition) is 3. The Bertz CT molecular complexity index is 784. The molecule has 1 aliphatic rings. The Balaban J connectivity index is 1.54. The molecular formula is C21H25N3O3. The molecule has 0 atom stereocenters. The minimum Gasteiger partial charge on any atom is -0.381 e. The lowest BCUT2D eigenvalue weighted by atomic mass is 9.97. The Kier molecular flexibility index (Phi) is 6.44. The first-order valence-corrected chi connectivity index (χ1v) is 9.25. The first-order valence-electron chi connectivity index (χ1n) is 9.25. The summed E-state index contributed by atoms with van der Waals surface area (Å²) in [4.78, 5) is 23.5. The van der Waals surface area contributed by atoms with Crippen LogP contribution >= 0.6 is 0 Å². The molecule has 6 nitrogen and oxygen atoms in total. The number of rotatable bonds is 7. The molecule has 3 rings (SSSR count). The number of primary amides is 1. The van der Waals surface area contributed by atoms with Crippen molar-refractivity contribution in [2.45, 2.75) is 19.3 Å². The van der Waals surface area contributed by atoms with E-state index in [2.05, 4.69) is 10.6 Å². The zero-order valence-corrected chi connectivity index (χ0v) is 15.2. The molecule has 0 aromatic heterocycles. The minimum atomic E-state index is -0.457. The highest BCUT2D eigenvalue weighted by Gasteiger charge is 2.14. The van der Waals surface area contributed by atoms with E-state index in [0.29, 0.717) is 23.6 Å². The molecule has 1 heterocycles. The lowest BCUT2D eigenvalue weighted by Crippen LogP contribution is -2.27. The van der Waals surface area contributed by atoms with Crippen molar-refractivity contribution in [2.75, 3.05) is 25.1 Å². The number of ether oxygens (including phenoxy) is 1. The summed E-state index contributed by atoms with van der Waals surface area (Å²) >= 11 is 0. The molecular weight excluding hydrogens is 342 g/mol. The Labute approximate surface area is 159 Å². The number of carbonyl (C=O) groups is 2. The molecule has 1 saturated heterocycles. The van der Waals surface area contributed by atoms with Crippen molar-refractivity contribution >= 4 is 23.2 Å². The predicted octanol–water partition coefficient (Wildman–Crippen LogP) is 3.08. The Hall–Kier alpha value is -2.86. The van der Waals surface area contributed by atoms with Gasteiger partial charge in [-0.25, -0.2) is 0 Å². The maximum Gasteiger partial charge on any atom is 0.251 e. The summed E-state index contributed by atoms with van der Waals surface area (Å²) in [7, 11) is 0. The first kappa shape index (κ1) is 18.9. The molecule has 6 heteroatoms. The van der Waals surface area contributed by atoms with E-state index in [1.807, 2.05) is 18.2 Å². The lowest BCUT2D eigenvalue weighted by molar-refractivity contribution is 0.0636. The number of anilines is 2. The van der Waals surface area contributed by atoms with Crippen LogP contribution in [0, 0.1) is 5.92 Å². The van der Waals surface area contributed by atoms with Crippen molar-refractivity contribution in [1.82, 2.24) is 5.32 Å². The van der Waals surface area contributed by atoms with Crippen LogP contribution in [0.25, 0.3) is 0 Å². The SMILES string of the molecule is NC(=O)c1ccc(Nc2cccc(C(=O)NCCC3CCOCC3)c2)cc1. The molecule has 142 valence electrons. The van der Waals surface area contributed by atoms with Crippen LogP contribution < -0.4 is 16.4 Å². The lowest BCUT2D eigenvalue weighted by Gasteiger charge is -2.21. The quantitative estimate of drug-likeness (QED) is 0.701. The highest BCUT2D eigenvalue weighted by atomic mass is 16.5. The summed E-state index contributed by atoms with van der Waals surface area (Å²) in [5.74, 6) is 0.103. The maximum atomic E-state index is 12.4. The highest BCUT2D eigenvalue weighted by molar-refractivity contribution is 5.95. The van der Waals surface area contributed by atoms with Gasteiger partial charge in [-0.3, -0.25) is 9.59 Å². The van der Waals surface area contributed by atoms with Gasteiger partial charge in [-0.2, -0.15) is 0 Å². The van der Waals surface area contributed by atoms with Gasteiger partial charge in [0.1, 0.15) is 0 Å². The van der Waals surface area contributed by atoms with E-state index in [0.717, 1.165) is 43.9 Å². The van der Waals surface area contributed by atoms with Crippen LogP contribution in [0.1, 0.15) is 40.0 Å². The van der Waals surface area contributed by atoms with E-state index in [1.54, 1.807) is 30.3 Å². The fraction of sp³-hybridized carbons (Fsp3) is 0.333. The van der Waals surface area contributed by atoms with Crippen molar-refractivity contribution < 1.29 is 14.3 Å². The number of nitrogens with two attached hydrogens (primary N) is 1. The molecule has 27 heavy (non-hydrogen) atoms. The molecule has 2 aromatic rings. The van der Waals surface area contributed by atoms with Crippen LogP contribution in [-0.4, -0.2) is 31.6 Å². The monoisotopic (exact) mass is 367 g/mol. The second-order valence-corrected chi connectivity index (χ2v) is 6.75. The molecule has 0 bridgehead atoms. The van der Waals surface area contributed by atoms with Crippen LogP contribution in [-0.2, 0) is 4.74 Å². The molecule has 0 unspecified atom stereocenters. The van der Waals surface area contributed by atoms with Gasteiger partial charge in [0.15, 0.2) is 0 Å². The van der Waals surface area contributed by atoms with Crippen LogP contribution in [0.2, 0.25) is 0 Å². The fourth-order valence-electron chi connectivity index (χ4n) is 3.15. The zero-order valence-electron chi connectivity index (χ0n) is 15.2. The second-order valence-electron chi connectivity index (χ2n) is 6.75. The van der Waals surface area contributed by atoms with Gasteiger partial charge in [-0.05, 0) is 67.6 Å². The topological polar surface area (TPSA) is 93.5 Å². The van der Waals surface area contributed by atoms with Crippen molar-refractivity contribution in [3.8, 4) is 0 Å². The number of carbonyl (C=O) groups excluding carboxylic acids is 2. The molecule has 1 aliphatic heterocycles. The van der Waals surface area contributed by atoms with Gasteiger partial charge < -0.3 is 21.1 Å². The molecule has 2 aromatic carbocycles. The predicted molar refractivity (Wildman–Crippen MR) is 105 cm³/mol. The summed E-state index contributed by atoms with van der Waals surface area (Å²) in [6, 6.07) is 14.2. The number of amides is 2. The highest BCUT2D eigenvalue weighted by Crippen LogP contribution is 2.19. The summed E-state index contributed by atoms with van der Waals surface area (Å²) in [6.07, 6.45) is 3.13. The van der Waals surface area contributed by atoms with Crippen molar-refractivity contribution in [2.24, 2.45) is 11.7 Å². The molecule has 0 spiro atoms. The Morgan fingerprint density at radius 3 is 2.44 bits per heavy atom. The summed E-state index contributed by atoms with van der Waals surface area (Å²) in [5.41, 5.74) is 7.94. The molecule has 1 fully saturated rings. The third-order valence-corrected chi connectivity index (χ3v) is 4.76. The third kappa shape index (κ3) is 5.56. The average molecular weight is 367 g/mol. The van der Waals surface area contributed by atoms with Crippen LogP contribution in [0.3, 0.4) is 0 Å². The van der Waals surface area contributed by atoms with Crippen molar-refractivity contribution in [1.29, 1.82) is 0 Å². The van der Waals surface area contributed by atoms with Gasteiger partial charge in [-0.1, -0.05) is 6.07 Å². The molecule has 0 aliphatic carbocycles. The van der Waals surface area contributed by atoms with Crippen LogP contribution in [0.15, 0.2) is 48.5 Å². The Morgan fingerprint density at radius 2 is 1.74 bits per heavy atom. The number of benzene rings is 2. The van der Waals surface area contributed by atoms with E-state index >= 15 is 0 Å². The van der Waals surface area contributed by atoms with Gasteiger partial charge in [0.05, 0.1) is 0 Å². The largest absolute Gasteiger partial charge is 0.381 e. The fourth-order valence-corrected chi connectivity index (χ4v) is 3.15. The minimum absolute atomic E-state index is 0.0743. The van der Waals surface area contributed by atoms with Gasteiger partial charge in [0.25, 0.3) is 5.91 Å². The molecule has 0 radical (unpaired) electrons. The Morgan fingerprint density at radius 1 is 1.00 bits per heavy atom. The van der Waals surface area contributed by atoms with Crippen molar-refractivity contribution in [3.05, 3.63) is 59.7 Å². The van der Waals surface area contributed by atoms with E-state index < -0.39 is 5.91 Å².